The zero-order chi connectivity index (χ0) is 9.19. The summed E-state index contributed by atoms with van der Waals surface area (Å²) in [5, 5.41) is 0.253. The lowest BCUT2D eigenvalue weighted by molar-refractivity contribution is -0.125. The molecule has 3 heteroatoms. The minimum atomic E-state index is -0.157. The molecule has 1 fully saturated rings. The highest BCUT2D eigenvalue weighted by Crippen LogP contribution is 2.39. The first-order valence-electron chi connectivity index (χ1n) is 4.34. The maximum Gasteiger partial charge on any atom is 0.151 e. The summed E-state index contributed by atoms with van der Waals surface area (Å²) in [6.45, 7) is 6.03. The first-order valence-corrected chi connectivity index (χ1v) is 6.72. The maximum absolute atomic E-state index is 11.8. The molecule has 0 amide bonds. The van der Waals surface area contributed by atoms with Gasteiger partial charge in [-0.05, 0) is 12.8 Å². The van der Waals surface area contributed by atoms with Crippen molar-refractivity contribution < 1.29 is 4.79 Å². The fourth-order valence-corrected chi connectivity index (χ4v) is 4.10. The molecule has 0 radical (unpaired) electrons. The maximum atomic E-state index is 11.8. The van der Waals surface area contributed by atoms with Crippen molar-refractivity contribution in [1.82, 2.24) is 0 Å². The van der Waals surface area contributed by atoms with Crippen LogP contribution in [0.1, 0.15) is 33.6 Å². The minimum absolute atomic E-state index is 0.157. The number of ketones is 1. The van der Waals surface area contributed by atoms with Crippen LogP contribution < -0.4 is 0 Å². The lowest BCUT2D eigenvalue weighted by Crippen LogP contribution is -2.31. The molecule has 1 rings (SSSR count). The molecule has 1 aliphatic rings. The predicted octanol–water partition coefficient (Wildman–Crippen LogP) is 3.15. The second-order valence-electron chi connectivity index (χ2n) is 4.16. The molecule has 0 spiro atoms. The van der Waals surface area contributed by atoms with Crippen molar-refractivity contribution in [2.75, 3.05) is 5.75 Å². The van der Waals surface area contributed by atoms with Gasteiger partial charge in [-0.2, -0.15) is 0 Å². The van der Waals surface area contributed by atoms with E-state index in [1.165, 1.54) is 12.2 Å². The summed E-state index contributed by atoms with van der Waals surface area (Å²) in [5.41, 5.74) is -0.157. The monoisotopic (exact) mass is 204 g/mol. The van der Waals surface area contributed by atoms with Crippen LogP contribution in [0.15, 0.2) is 0 Å². The van der Waals surface area contributed by atoms with Crippen LogP contribution in [-0.4, -0.2) is 16.8 Å². The van der Waals surface area contributed by atoms with Gasteiger partial charge in [-0.3, -0.25) is 4.79 Å². The van der Waals surface area contributed by atoms with Gasteiger partial charge in [-0.25, -0.2) is 0 Å². The van der Waals surface area contributed by atoms with Gasteiger partial charge < -0.3 is 0 Å². The highest BCUT2D eigenvalue weighted by Gasteiger charge is 2.31. The van der Waals surface area contributed by atoms with E-state index >= 15 is 0 Å². The molecule has 0 saturated carbocycles. The molecule has 1 saturated heterocycles. The number of hydrogen-bond donors (Lipinski definition) is 0. The Balaban J connectivity index is 2.51. The fraction of sp³-hybridized carbons (Fsp3) is 0.889. The van der Waals surface area contributed by atoms with Crippen molar-refractivity contribution in [1.29, 1.82) is 0 Å². The van der Waals surface area contributed by atoms with Crippen molar-refractivity contribution in [3.05, 3.63) is 0 Å². The van der Waals surface area contributed by atoms with E-state index in [-0.39, 0.29) is 10.7 Å². The molecule has 0 aromatic heterocycles. The van der Waals surface area contributed by atoms with E-state index in [9.17, 15) is 4.79 Å². The third-order valence-electron chi connectivity index (χ3n) is 1.91. The molecule has 12 heavy (non-hydrogen) atoms. The SMILES string of the molecule is CC(C)(C)C(=O)C1CCCSS1. The largest absolute Gasteiger partial charge is 0.298 e. The van der Waals surface area contributed by atoms with Crippen molar-refractivity contribution in [2.45, 2.75) is 38.9 Å². The molecule has 1 heterocycles. The van der Waals surface area contributed by atoms with Crippen LogP contribution in [0, 0.1) is 5.41 Å². The quantitative estimate of drug-likeness (QED) is 0.611. The average molecular weight is 204 g/mol. The Hall–Kier alpha value is 0.370. The molecule has 0 aromatic rings. The van der Waals surface area contributed by atoms with Gasteiger partial charge in [0.25, 0.3) is 0 Å². The molecule has 1 aliphatic heterocycles. The zero-order valence-corrected chi connectivity index (χ0v) is 9.56. The Morgan fingerprint density at radius 2 is 2.08 bits per heavy atom. The van der Waals surface area contributed by atoms with Crippen LogP contribution in [0.4, 0.5) is 0 Å². The molecule has 70 valence electrons. The van der Waals surface area contributed by atoms with Crippen LogP contribution in [0.3, 0.4) is 0 Å². The van der Waals surface area contributed by atoms with Gasteiger partial charge in [0.05, 0.1) is 5.25 Å². The first kappa shape index (κ1) is 10.5. The summed E-state index contributed by atoms with van der Waals surface area (Å²) in [6, 6.07) is 0. The summed E-state index contributed by atoms with van der Waals surface area (Å²) < 4.78 is 0. The molecule has 0 N–H and O–H groups in total. The molecule has 1 nitrogen and oxygen atoms in total. The summed E-state index contributed by atoms with van der Waals surface area (Å²) in [5.74, 6) is 1.62. The smallest absolute Gasteiger partial charge is 0.151 e. The summed E-state index contributed by atoms with van der Waals surface area (Å²) in [6.07, 6.45) is 2.28. The fourth-order valence-electron chi connectivity index (χ4n) is 1.16. The van der Waals surface area contributed by atoms with Gasteiger partial charge in [0.15, 0.2) is 5.78 Å². The summed E-state index contributed by atoms with van der Waals surface area (Å²) >= 11 is 0. The predicted molar refractivity (Wildman–Crippen MR) is 57.5 cm³/mol. The number of rotatable bonds is 1. The van der Waals surface area contributed by atoms with E-state index in [1.807, 2.05) is 31.6 Å². The normalized spacial score (nSPS) is 25.4. The number of carbonyl (C=O) groups is 1. The highest BCUT2D eigenvalue weighted by atomic mass is 33.1. The molecular formula is C9H16OS2. The summed E-state index contributed by atoms with van der Waals surface area (Å²) in [4.78, 5) is 11.8. The van der Waals surface area contributed by atoms with Crippen LogP contribution >= 0.6 is 21.6 Å². The van der Waals surface area contributed by atoms with Crippen molar-refractivity contribution >= 4 is 27.4 Å². The average Bonchev–Trinajstić information content (AvgIpc) is 2.03. The van der Waals surface area contributed by atoms with E-state index in [2.05, 4.69) is 0 Å². The Kier molecular flexibility index (Phi) is 3.53. The third-order valence-corrected chi connectivity index (χ3v) is 4.79. The van der Waals surface area contributed by atoms with Crippen molar-refractivity contribution in [2.24, 2.45) is 5.41 Å². The Bertz CT molecular complexity index is 166. The van der Waals surface area contributed by atoms with E-state index < -0.39 is 0 Å². The Morgan fingerprint density at radius 1 is 1.42 bits per heavy atom. The van der Waals surface area contributed by atoms with Crippen LogP contribution in [0.25, 0.3) is 0 Å². The summed E-state index contributed by atoms with van der Waals surface area (Å²) in [7, 11) is 3.61. The molecule has 0 bridgehead atoms. The standard InChI is InChI=1S/C9H16OS2/c1-9(2,3)8(10)7-5-4-6-11-12-7/h7H,4-6H2,1-3H3. The second kappa shape index (κ2) is 4.05. The minimum Gasteiger partial charge on any atom is -0.298 e. The van der Waals surface area contributed by atoms with Gasteiger partial charge in [-0.1, -0.05) is 42.4 Å². The van der Waals surface area contributed by atoms with Gasteiger partial charge in [-0.15, -0.1) is 0 Å². The zero-order valence-electron chi connectivity index (χ0n) is 7.92. The molecule has 0 aliphatic carbocycles. The number of carbonyl (C=O) groups excluding carboxylic acids is 1. The van der Waals surface area contributed by atoms with Crippen LogP contribution in [0.2, 0.25) is 0 Å². The molecule has 1 atom stereocenters. The van der Waals surface area contributed by atoms with Crippen molar-refractivity contribution in [3.63, 3.8) is 0 Å². The van der Waals surface area contributed by atoms with Crippen molar-refractivity contribution in [3.8, 4) is 0 Å². The molecule has 0 aromatic carbocycles. The molecule has 1 unspecified atom stereocenters. The van der Waals surface area contributed by atoms with Crippen LogP contribution in [-0.2, 0) is 4.79 Å². The van der Waals surface area contributed by atoms with Gasteiger partial charge >= 0.3 is 0 Å². The van der Waals surface area contributed by atoms with E-state index in [0.717, 1.165) is 6.42 Å². The topological polar surface area (TPSA) is 17.1 Å². The lowest BCUT2D eigenvalue weighted by atomic mass is 9.87. The number of Topliss-reactive ketones (excluding diaryl/α,β-unsaturated/α-hetero) is 1. The first-order chi connectivity index (χ1) is 5.52. The second-order valence-corrected chi connectivity index (χ2v) is 6.85. The molecular weight excluding hydrogens is 188 g/mol. The highest BCUT2D eigenvalue weighted by molar-refractivity contribution is 8.77. The van der Waals surface area contributed by atoms with E-state index in [0.29, 0.717) is 5.78 Å². The Morgan fingerprint density at radius 3 is 2.50 bits per heavy atom. The van der Waals surface area contributed by atoms with E-state index in [1.54, 1.807) is 10.8 Å². The van der Waals surface area contributed by atoms with Gasteiger partial charge in [0.1, 0.15) is 0 Å². The van der Waals surface area contributed by atoms with Crippen LogP contribution in [0.5, 0.6) is 0 Å². The van der Waals surface area contributed by atoms with Gasteiger partial charge in [0, 0.05) is 11.2 Å². The third kappa shape index (κ3) is 2.70. The number of hydrogen-bond acceptors (Lipinski definition) is 3. The van der Waals surface area contributed by atoms with E-state index in [4.69, 9.17) is 0 Å². The lowest BCUT2D eigenvalue weighted by Gasteiger charge is -2.26. The Labute approximate surface area is 82.5 Å². The van der Waals surface area contributed by atoms with Gasteiger partial charge in [0.2, 0.25) is 0 Å².